The first-order valence-electron chi connectivity index (χ1n) is 7.27. The van der Waals surface area contributed by atoms with Crippen LogP contribution < -0.4 is 0 Å². The Hall–Kier alpha value is -1.55. The van der Waals surface area contributed by atoms with Gasteiger partial charge in [0.15, 0.2) is 0 Å². The Kier molecular flexibility index (Phi) is 5.23. The van der Waals surface area contributed by atoms with Crippen molar-refractivity contribution in [2.24, 2.45) is 5.92 Å². The van der Waals surface area contributed by atoms with Crippen molar-refractivity contribution in [3.05, 3.63) is 34.9 Å². The van der Waals surface area contributed by atoms with Crippen LogP contribution in [0, 0.1) is 5.92 Å². The topological polar surface area (TPSA) is 57.6 Å². The van der Waals surface area contributed by atoms with Crippen LogP contribution in [0.15, 0.2) is 24.3 Å². The van der Waals surface area contributed by atoms with Crippen molar-refractivity contribution >= 4 is 23.5 Å². The molecule has 0 aliphatic carbocycles. The normalized spacial score (nSPS) is 20.1. The fraction of sp³-hybridized carbons (Fsp3) is 0.500. The zero-order chi connectivity index (χ0) is 15.4. The van der Waals surface area contributed by atoms with E-state index < -0.39 is 12.0 Å². The number of likely N-dealkylation sites (tertiary alicyclic amines) is 1. The first kappa shape index (κ1) is 15.8. The van der Waals surface area contributed by atoms with Crippen LogP contribution in [-0.2, 0) is 16.0 Å². The van der Waals surface area contributed by atoms with E-state index in [1.807, 2.05) is 25.1 Å². The molecule has 0 aromatic heterocycles. The SMILES string of the molecule is CC(Cc1ccccc1Cl)C(=O)N1CCCCC1C(=O)O. The number of carbonyl (C=O) groups excluding carboxylic acids is 1. The lowest BCUT2D eigenvalue weighted by Crippen LogP contribution is -2.50. The predicted octanol–water partition coefficient (Wildman–Crippen LogP) is 2.98. The zero-order valence-corrected chi connectivity index (χ0v) is 12.8. The summed E-state index contributed by atoms with van der Waals surface area (Å²) in [5.74, 6) is -1.28. The maximum atomic E-state index is 12.5. The number of nitrogens with zero attached hydrogens (tertiary/aromatic N) is 1. The molecule has 1 saturated heterocycles. The highest BCUT2D eigenvalue weighted by Crippen LogP contribution is 2.23. The molecule has 2 rings (SSSR count). The standard InChI is InChI=1S/C16H20ClNO3/c1-11(10-12-6-2-3-7-13(12)17)15(19)18-9-5-4-8-14(18)16(20)21/h2-3,6-7,11,14H,4-5,8-10H2,1H3,(H,20,21). The van der Waals surface area contributed by atoms with Crippen molar-refractivity contribution in [2.75, 3.05) is 6.54 Å². The first-order chi connectivity index (χ1) is 10.0. The molecule has 1 aromatic rings. The number of piperidine rings is 1. The average molecular weight is 310 g/mol. The van der Waals surface area contributed by atoms with Gasteiger partial charge in [0.1, 0.15) is 6.04 Å². The monoisotopic (exact) mass is 309 g/mol. The Morgan fingerprint density at radius 1 is 1.38 bits per heavy atom. The number of rotatable bonds is 4. The number of hydrogen-bond donors (Lipinski definition) is 1. The van der Waals surface area contributed by atoms with Crippen LogP contribution in [0.3, 0.4) is 0 Å². The van der Waals surface area contributed by atoms with E-state index >= 15 is 0 Å². The summed E-state index contributed by atoms with van der Waals surface area (Å²) in [6, 6.07) is 6.76. The van der Waals surface area contributed by atoms with Crippen LogP contribution in [0.4, 0.5) is 0 Å². The smallest absolute Gasteiger partial charge is 0.326 e. The molecule has 0 bridgehead atoms. The summed E-state index contributed by atoms with van der Waals surface area (Å²) in [7, 11) is 0. The van der Waals surface area contributed by atoms with Crippen LogP contribution in [-0.4, -0.2) is 34.5 Å². The molecule has 1 aliphatic heterocycles. The molecule has 4 nitrogen and oxygen atoms in total. The first-order valence-corrected chi connectivity index (χ1v) is 7.65. The molecule has 1 aromatic carbocycles. The van der Waals surface area contributed by atoms with Crippen molar-refractivity contribution in [1.82, 2.24) is 4.90 Å². The minimum Gasteiger partial charge on any atom is -0.480 e. The lowest BCUT2D eigenvalue weighted by molar-refractivity contribution is -0.153. The van der Waals surface area contributed by atoms with Crippen molar-refractivity contribution in [3.8, 4) is 0 Å². The van der Waals surface area contributed by atoms with Crippen molar-refractivity contribution in [2.45, 2.75) is 38.6 Å². The summed E-state index contributed by atoms with van der Waals surface area (Å²) in [6.45, 7) is 2.36. The van der Waals surface area contributed by atoms with E-state index in [0.29, 0.717) is 24.4 Å². The molecule has 1 heterocycles. The van der Waals surface area contributed by atoms with Crippen LogP contribution in [0.25, 0.3) is 0 Å². The summed E-state index contributed by atoms with van der Waals surface area (Å²) in [4.78, 5) is 25.4. The average Bonchev–Trinajstić information content (AvgIpc) is 2.48. The number of carboxylic acid groups (broad SMARTS) is 1. The summed E-state index contributed by atoms with van der Waals surface area (Å²) in [5, 5.41) is 9.90. The van der Waals surface area contributed by atoms with E-state index in [1.165, 1.54) is 4.90 Å². The molecule has 0 spiro atoms. The van der Waals surface area contributed by atoms with E-state index in [-0.39, 0.29) is 11.8 Å². The van der Waals surface area contributed by atoms with E-state index in [0.717, 1.165) is 18.4 Å². The zero-order valence-electron chi connectivity index (χ0n) is 12.1. The highest BCUT2D eigenvalue weighted by Gasteiger charge is 2.33. The Labute approximate surface area is 129 Å². The van der Waals surface area contributed by atoms with Gasteiger partial charge in [0, 0.05) is 17.5 Å². The molecule has 1 fully saturated rings. The summed E-state index contributed by atoms with van der Waals surface area (Å²) in [5.41, 5.74) is 0.920. The molecule has 2 unspecified atom stereocenters. The fourth-order valence-corrected chi connectivity index (χ4v) is 3.03. The molecule has 0 saturated carbocycles. The lowest BCUT2D eigenvalue weighted by Gasteiger charge is -2.34. The third-order valence-electron chi connectivity index (χ3n) is 3.98. The second kappa shape index (κ2) is 6.94. The largest absolute Gasteiger partial charge is 0.480 e. The van der Waals surface area contributed by atoms with E-state index in [1.54, 1.807) is 6.07 Å². The molecule has 1 amide bonds. The summed E-state index contributed by atoms with van der Waals surface area (Å²) < 4.78 is 0. The highest BCUT2D eigenvalue weighted by molar-refractivity contribution is 6.31. The Balaban J connectivity index is 2.07. The van der Waals surface area contributed by atoms with Gasteiger partial charge in [-0.25, -0.2) is 4.79 Å². The summed E-state index contributed by atoms with van der Waals surface area (Å²) >= 11 is 6.12. The molecule has 114 valence electrons. The number of aliphatic carboxylic acids is 1. The number of hydrogen-bond acceptors (Lipinski definition) is 2. The Bertz CT molecular complexity index is 532. The van der Waals surface area contributed by atoms with Gasteiger partial charge in [0.2, 0.25) is 5.91 Å². The maximum Gasteiger partial charge on any atom is 0.326 e. The van der Waals surface area contributed by atoms with Gasteiger partial charge in [-0.15, -0.1) is 0 Å². The minimum absolute atomic E-state index is 0.0954. The molecule has 21 heavy (non-hydrogen) atoms. The number of halogens is 1. The molecular weight excluding hydrogens is 290 g/mol. The van der Waals surface area contributed by atoms with Crippen LogP contribution in [0.5, 0.6) is 0 Å². The summed E-state index contributed by atoms with van der Waals surface area (Å²) in [6.07, 6.45) is 2.80. The van der Waals surface area contributed by atoms with Gasteiger partial charge in [-0.3, -0.25) is 4.79 Å². The van der Waals surface area contributed by atoms with Gasteiger partial charge >= 0.3 is 5.97 Å². The van der Waals surface area contributed by atoms with Gasteiger partial charge in [0.05, 0.1) is 0 Å². The molecule has 0 radical (unpaired) electrons. The van der Waals surface area contributed by atoms with E-state index in [9.17, 15) is 14.7 Å². The van der Waals surface area contributed by atoms with Crippen LogP contribution in [0.1, 0.15) is 31.7 Å². The molecule has 5 heteroatoms. The lowest BCUT2D eigenvalue weighted by atomic mass is 9.96. The van der Waals surface area contributed by atoms with Gasteiger partial charge in [-0.05, 0) is 37.3 Å². The minimum atomic E-state index is -0.909. The molecular formula is C16H20ClNO3. The quantitative estimate of drug-likeness (QED) is 0.930. The third-order valence-corrected chi connectivity index (χ3v) is 4.35. The van der Waals surface area contributed by atoms with Gasteiger partial charge in [-0.2, -0.15) is 0 Å². The predicted molar refractivity (Wildman–Crippen MR) is 81.3 cm³/mol. The second-order valence-corrected chi connectivity index (χ2v) is 5.99. The van der Waals surface area contributed by atoms with Gasteiger partial charge in [0.25, 0.3) is 0 Å². The van der Waals surface area contributed by atoms with Crippen molar-refractivity contribution in [3.63, 3.8) is 0 Å². The highest BCUT2D eigenvalue weighted by atomic mass is 35.5. The Morgan fingerprint density at radius 3 is 2.76 bits per heavy atom. The molecule has 1 aliphatic rings. The number of carbonyl (C=O) groups is 2. The number of amides is 1. The van der Waals surface area contributed by atoms with Crippen LogP contribution >= 0.6 is 11.6 Å². The van der Waals surface area contributed by atoms with Gasteiger partial charge in [-0.1, -0.05) is 36.7 Å². The van der Waals surface area contributed by atoms with Gasteiger partial charge < -0.3 is 10.0 Å². The van der Waals surface area contributed by atoms with Crippen molar-refractivity contribution in [1.29, 1.82) is 0 Å². The van der Waals surface area contributed by atoms with Crippen molar-refractivity contribution < 1.29 is 14.7 Å². The maximum absolute atomic E-state index is 12.5. The Morgan fingerprint density at radius 2 is 2.10 bits per heavy atom. The third kappa shape index (κ3) is 3.76. The van der Waals surface area contributed by atoms with E-state index in [4.69, 9.17) is 11.6 Å². The van der Waals surface area contributed by atoms with E-state index in [2.05, 4.69) is 0 Å². The number of benzene rings is 1. The second-order valence-electron chi connectivity index (χ2n) is 5.58. The number of carboxylic acids is 1. The fourth-order valence-electron chi connectivity index (χ4n) is 2.82. The van der Waals surface area contributed by atoms with Crippen LogP contribution in [0.2, 0.25) is 5.02 Å². The molecule has 2 atom stereocenters. The molecule has 1 N–H and O–H groups in total.